The Morgan fingerprint density at radius 3 is 2.65 bits per heavy atom. The Morgan fingerprint density at radius 2 is 2.10 bits per heavy atom. The zero-order valence-electron chi connectivity index (χ0n) is 12.0. The standard InChI is InChI=1S/C13H22N2O5/c1-3-20-12(17)13(9-15(18)19)8-6-4-5-7-11(13)14-10(2)16/h11H,3-9H2,1-2H3,(H,14,16). The lowest BCUT2D eigenvalue weighted by atomic mass is 9.76. The highest BCUT2D eigenvalue weighted by molar-refractivity contribution is 5.80. The number of hydrogen-bond acceptors (Lipinski definition) is 5. The molecule has 0 spiro atoms. The van der Waals surface area contributed by atoms with Gasteiger partial charge in [0.05, 0.1) is 12.6 Å². The van der Waals surface area contributed by atoms with E-state index in [0.29, 0.717) is 12.8 Å². The van der Waals surface area contributed by atoms with Crippen molar-refractivity contribution in [3.63, 3.8) is 0 Å². The van der Waals surface area contributed by atoms with Crippen LogP contribution in [0.15, 0.2) is 0 Å². The summed E-state index contributed by atoms with van der Waals surface area (Å²) in [6.45, 7) is 2.69. The van der Waals surface area contributed by atoms with Crippen LogP contribution in [0.5, 0.6) is 0 Å². The second-order valence-electron chi connectivity index (χ2n) is 5.22. The maximum atomic E-state index is 12.3. The van der Waals surface area contributed by atoms with Crippen molar-refractivity contribution in [1.82, 2.24) is 5.32 Å². The summed E-state index contributed by atoms with van der Waals surface area (Å²) in [5.74, 6) is -0.855. The first-order valence-corrected chi connectivity index (χ1v) is 6.98. The van der Waals surface area contributed by atoms with E-state index < -0.39 is 28.9 Å². The summed E-state index contributed by atoms with van der Waals surface area (Å²) in [5.41, 5.74) is -1.25. The molecule has 1 saturated carbocycles. The number of hydrogen-bond donors (Lipinski definition) is 1. The van der Waals surface area contributed by atoms with Crippen LogP contribution in [0.25, 0.3) is 0 Å². The lowest BCUT2D eigenvalue weighted by molar-refractivity contribution is -0.496. The molecule has 7 nitrogen and oxygen atoms in total. The molecule has 0 aromatic heterocycles. The van der Waals surface area contributed by atoms with E-state index in [0.717, 1.165) is 19.3 Å². The molecular formula is C13H22N2O5. The normalized spacial score (nSPS) is 26.4. The van der Waals surface area contributed by atoms with Crippen LogP contribution in [0.2, 0.25) is 0 Å². The molecule has 0 heterocycles. The topological polar surface area (TPSA) is 98.5 Å². The largest absolute Gasteiger partial charge is 0.465 e. The monoisotopic (exact) mass is 286 g/mol. The van der Waals surface area contributed by atoms with Gasteiger partial charge in [0.2, 0.25) is 12.5 Å². The van der Waals surface area contributed by atoms with Gasteiger partial charge in [-0.3, -0.25) is 19.7 Å². The number of esters is 1. The Hall–Kier alpha value is -1.66. The molecule has 2 atom stereocenters. The number of nitro groups is 1. The summed E-state index contributed by atoms with van der Waals surface area (Å²) in [6.07, 6.45) is 3.39. The Labute approximate surface area is 118 Å². The van der Waals surface area contributed by atoms with Crippen molar-refractivity contribution in [1.29, 1.82) is 0 Å². The van der Waals surface area contributed by atoms with Crippen LogP contribution in [0.4, 0.5) is 0 Å². The highest BCUT2D eigenvalue weighted by atomic mass is 16.6. The number of carbonyl (C=O) groups excluding carboxylic acids is 2. The van der Waals surface area contributed by atoms with E-state index >= 15 is 0 Å². The predicted molar refractivity (Wildman–Crippen MR) is 71.6 cm³/mol. The van der Waals surface area contributed by atoms with Crippen LogP contribution in [0.3, 0.4) is 0 Å². The van der Waals surface area contributed by atoms with E-state index in [1.54, 1.807) is 6.92 Å². The first-order valence-electron chi connectivity index (χ1n) is 6.98. The van der Waals surface area contributed by atoms with Gasteiger partial charge in [0.15, 0.2) is 5.41 Å². The molecule has 2 unspecified atom stereocenters. The molecule has 0 aromatic rings. The molecule has 0 aromatic carbocycles. The number of rotatable bonds is 5. The zero-order valence-corrected chi connectivity index (χ0v) is 12.0. The van der Waals surface area contributed by atoms with Crippen LogP contribution >= 0.6 is 0 Å². The van der Waals surface area contributed by atoms with E-state index in [2.05, 4.69) is 5.32 Å². The summed E-state index contributed by atoms with van der Waals surface area (Å²) >= 11 is 0. The molecule has 0 aliphatic heterocycles. The van der Waals surface area contributed by atoms with Crippen LogP contribution in [0.1, 0.15) is 46.0 Å². The molecule has 1 aliphatic carbocycles. The lowest BCUT2D eigenvalue weighted by Gasteiger charge is -2.34. The third kappa shape index (κ3) is 3.91. The number of nitrogens with zero attached hydrogens (tertiary/aromatic N) is 1. The van der Waals surface area contributed by atoms with Gasteiger partial charge in [-0.15, -0.1) is 0 Å². The van der Waals surface area contributed by atoms with Gasteiger partial charge < -0.3 is 10.1 Å². The van der Waals surface area contributed by atoms with Crippen molar-refractivity contribution >= 4 is 11.9 Å². The number of nitrogens with one attached hydrogen (secondary N) is 1. The van der Waals surface area contributed by atoms with E-state index in [9.17, 15) is 19.7 Å². The minimum atomic E-state index is -1.25. The summed E-state index contributed by atoms with van der Waals surface area (Å²) in [7, 11) is 0. The Bertz CT molecular complexity index is 385. The molecule has 0 bridgehead atoms. The Kier molecular flexibility index (Phi) is 5.91. The first kappa shape index (κ1) is 16.4. The lowest BCUT2D eigenvalue weighted by Crippen LogP contribution is -2.55. The number of ether oxygens (including phenoxy) is 1. The van der Waals surface area contributed by atoms with Gasteiger partial charge in [-0.25, -0.2) is 0 Å². The third-order valence-electron chi connectivity index (χ3n) is 3.75. The van der Waals surface area contributed by atoms with Gasteiger partial charge in [-0.05, 0) is 19.8 Å². The fourth-order valence-corrected chi connectivity index (χ4v) is 2.88. The smallest absolute Gasteiger partial charge is 0.320 e. The van der Waals surface area contributed by atoms with E-state index in [-0.39, 0.29) is 12.5 Å². The van der Waals surface area contributed by atoms with Gasteiger partial charge in [0.1, 0.15) is 0 Å². The highest BCUT2D eigenvalue weighted by Gasteiger charge is 2.52. The molecule has 1 aliphatic rings. The molecule has 1 amide bonds. The summed E-state index contributed by atoms with van der Waals surface area (Å²) < 4.78 is 5.06. The summed E-state index contributed by atoms with van der Waals surface area (Å²) in [6, 6.07) is -0.535. The second kappa shape index (κ2) is 7.21. The van der Waals surface area contributed by atoms with E-state index in [4.69, 9.17) is 4.74 Å². The molecule has 114 valence electrons. The molecule has 7 heteroatoms. The highest BCUT2D eigenvalue weighted by Crippen LogP contribution is 2.37. The van der Waals surface area contributed by atoms with Gasteiger partial charge in [0, 0.05) is 11.8 Å². The van der Waals surface area contributed by atoms with Crippen molar-refractivity contribution in [2.24, 2.45) is 5.41 Å². The van der Waals surface area contributed by atoms with Crippen molar-refractivity contribution in [3.05, 3.63) is 10.1 Å². The van der Waals surface area contributed by atoms with Gasteiger partial charge in [-0.1, -0.05) is 19.3 Å². The van der Waals surface area contributed by atoms with Crippen molar-refractivity contribution in [3.8, 4) is 0 Å². The maximum Gasteiger partial charge on any atom is 0.320 e. The van der Waals surface area contributed by atoms with Gasteiger partial charge in [-0.2, -0.15) is 0 Å². The van der Waals surface area contributed by atoms with Gasteiger partial charge >= 0.3 is 5.97 Å². The Balaban J connectivity index is 3.12. The minimum absolute atomic E-state index is 0.172. The quantitative estimate of drug-likeness (QED) is 0.355. The second-order valence-corrected chi connectivity index (χ2v) is 5.22. The predicted octanol–water partition coefficient (Wildman–Crippen LogP) is 1.28. The van der Waals surface area contributed by atoms with Gasteiger partial charge in [0.25, 0.3) is 0 Å². The minimum Gasteiger partial charge on any atom is -0.465 e. The van der Waals surface area contributed by atoms with Crippen LogP contribution in [-0.2, 0) is 14.3 Å². The molecule has 0 radical (unpaired) electrons. The average Bonchev–Trinajstić information content (AvgIpc) is 2.52. The molecule has 1 N–H and O–H groups in total. The SMILES string of the molecule is CCOC(=O)C1(C[N+](=O)[O-])CCCCCC1NC(C)=O. The Morgan fingerprint density at radius 1 is 1.40 bits per heavy atom. The molecular weight excluding hydrogens is 264 g/mol. The van der Waals surface area contributed by atoms with Crippen molar-refractivity contribution in [2.75, 3.05) is 13.2 Å². The third-order valence-corrected chi connectivity index (χ3v) is 3.75. The van der Waals surface area contributed by atoms with Crippen molar-refractivity contribution in [2.45, 2.75) is 52.0 Å². The zero-order chi connectivity index (χ0) is 15.2. The average molecular weight is 286 g/mol. The number of carbonyl (C=O) groups is 2. The van der Waals surface area contributed by atoms with E-state index in [1.807, 2.05) is 0 Å². The molecule has 0 saturated heterocycles. The van der Waals surface area contributed by atoms with Crippen molar-refractivity contribution < 1.29 is 19.2 Å². The van der Waals surface area contributed by atoms with E-state index in [1.165, 1.54) is 6.92 Å². The van der Waals surface area contributed by atoms with Crippen LogP contribution in [-0.4, -0.2) is 36.0 Å². The first-order chi connectivity index (χ1) is 9.42. The van der Waals surface area contributed by atoms with Crippen LogP contribution < -0.4 is 5.32 Å². The molecule has 20 heavy (non-hydrogen) atoms. The fourth-order valence-electron chi connectivity index (χ4n) is 2.88. The van der Waals surface area contributed by atoms with Crippen LogP contribution in [0, 0.1) is 15.5 Å². The molecule has 1 rings (SSSR count). The maximum absolute atomic E-state index is 12.3. The summed E-state index contributed by atoms with van der Waals surface area (Å²) in [5, 5.41) is 13.7. The molecule has 1 fully saturated rings. The number of amides is 1. The summed E-state index contributed by atoms with van der Waals surface area (Å²) in [4.78, 5) is 34.2. The fraction of sp³-hybridized carbons (Fsp3) is 0.846.